The van der Waals surface area contributed by atoms with E-state index in [1.807, 2.05) is 6.07 Å². The molecular weight excluding hydrogens is 341 g/mol. The van der Waals surface area contributed by atoms with E-state index in [1.54, 1.807) is 12.1 Å². The van der Waals surface area contributed by atoms with Gasteiger partial charge in [0.2, 0.25) is 5.91 Å². The maximum Gasteiger partial charge on any atom is 0.223 e. The number of hydrogen-bond acceptors (Lipinski definition) is 3. The summed E-state index contributed by atoms with van der Waals surface area (Å²) in [4.78, 5) is 17.3. The predicted molar refractivity (Wildman–Crippen MR) is 107 cm³/mol. The lowest BCUT2D eigenvalue weighted by molar-refractivity contribution is -0.126. The zero-order valence-electron chi connectivity index (χ0n) is 16.5. The van der Waals surface area contributed by atoms with Crippen LogP contribution in [0.5, 0.6) is 0 Å². The van der Waals surface area contributed by atoms with E-state index in [4.69, 9.17) is 0 Å². The number of nitrogens with one attached hydrogen (secondary N) is 1. The van der Waals surface area contributed by atoms with Crippen molar-refractivity contribution < 1.29 is 9.18 Å². The molecule has 150 valence electrons. The normalized spacial score (nSPS) is 19.9. The molecule has 1 aromatic rings. The largest absolute Gasteiger partial charge is 0.356 e. The van der Waals surface area contributed by atoms with Gasteiger partial charge in [-0.05, 0) is 88.9 Å². The average Bonchev–Trinajstić information content (AvgIpc) is 2.71. The summed E-state index contributed by atoms with van der Waals surface area (Å²) < 4.78 is 13.2. The standard InChI is InChI=1S/C22H34FN3O/c23-21-7-4-6-19(18-21)8-15-26-16-9-20(10-17-26)22(27)24-11-5-14-25-12-2-1-3-13-25/h4,6-7,18,20H,1-3,5,8-17H2,(H,24,27). The Hall–Kier alpha value is -1.46. The highest BCUT2D eigenvalue weighted by atomic mass is 19.1. The lowest BCUT2D eigenvalue weighted by atomic mass is 9.95. The Morgan fingerprint density at radius 1 is 1.04 bits per heavy atom. The minimum atomic E-state index is -0.164. The van der Waals surface area contributed by atoms with E-state index in [0.29, 0.717) is 0 Å². The Kier molecular flexibility index (Phi) is 8.09. The molecule has 1 aromatic carbocycles. The number of nitrogens with zero attached hydrogens (tertiary/aromatic N) is 2. The van der Waals surface area contributed by atoms with Crippen molar-refractivity contribution in [1.29, 1.82) is 0 Å². The third kappa shape index (κ3) is 6.89. The smallest absolute Gasteiger partial charge is 0.223 e. The van der Waals surface area contributed by atoms with E-state index in [9.17, 15) is 9.18 Å². The molecule has 27 heavy (non-hydrogen) atoms. The van der Waals surface area contributed by atoms with Crippen LogP contribution in [0.3, 0.4) is 0 Å². The lowest BCUT2D eigenvalue weighted by Crippen LogP contribution is -2.41. The van der Waals surface area contributed by atoms with E-state index in [2.05, 4.69) is 15.1 Å². The highest BCUT2D eigenvalue weighted by molar-refractivity contribution is 5.78. The van der Waals surface area contributed by atoms with Crippen LogP contribution in [-0.2, 0) is 11.2 Å². The van der Waals surface area contributed by atoms with Gasteiger partial charge in [0, 0.05) is 19.0 Å². The first-order valence-corrected chi connectivity index (χ1v) is 10.7. The molecule has 0 radical (unpaired) electrons. The topological polar surface area (TPSA) is 35.6 Å². The van der Waals surface area contributed by atoms with Crippen molar-refractivity contribution >= 4 is 5.91 Å². The molecule has 4 nitrogen and oxygen atoms in total. The van der Waals surface area contributed by atoms with E-state index in [0.717, 1.165) is 64.0 Å². The van der Waals surface area contributed by atoms with Crippen molar-refractivity contribution in [2.75, 3.05) is 45.8 Å². The molecule has 2 aliphatic heterocycles. The predicted octanol–water partition coefficient (Wildman–Crippen LogP) is 3.07. The van der Waals surface area contributed by atoms with Gasteiger partial charge in [0.1, 0.15) is 5.82 Å². The van der Waals surface area contributed by atoms with Crippen LogP contribution in [0.1, 0.15) is 44.1 Å². The molecule has 3 rings (SSSR count). The minimum Gasteiger partial charge on any atom is -0.356 e. The van der Waals surface area contributed by atoms with Crippen molar-refractivity contribution in [3.8, 4) is 0 Å². The fourth-order valence-corrected chi connectivity index (χ4v) is 4.24. The molecule has 0 atom stereocenters. The van der Waals surface area contributed by atoms with Gasteiger partial charge in [0.05, 0.1) is 0 Å². The summed E-state index contributed by atoms with van der Waals surface area (Å²) in [6.45, 7) is 7.22. The van der Waals surface area contributed by atoms with Crippen molar-refractivity contribution in [1.82, 2.24) is 15.1 Å². The summed E-state index contributed by atoms with van der Waals surface area (Å²) in [5.41, 5.74) is 1.04. The molecule has 2 heterocycles. The number of carbonyl (C=O) groups is 1. The fraction of sp³-hybridized carbons (Fsp3) is 0.682. The summed E-state index contributed by atoms with van der Waals surface area (Å²) in [5, 5.41) is 3.15. The number of halogens is 1. The third-order valence-electron chi connectivity index (χ3n) is 5.96. The number of likely N-dealkylation sites (tertiary alicyclic amines) is 2. The van der Waals surface area contributed by atoms with Crippen LogP contribution in [-0.4, -0.2) is 61.5 Å². The highest BCUT2D eigenvalue weighted by Crippen LogP contribution is 2.18. The number of carbonyl (C=O) groups excluding carboxylic acids is 1. The molecule has 2 aliphatic rings. The summed E-state index contributed by atoms with van der Waals surface area (Å²) in [6, 6.07) is 6.85. The van der Waals surface area contributed by atoms with E-state index in [-0.39, 0.29) is 17.6 Å². The number of rotatable bonds is 8. The number of amides is 1. The number of benzene rings is 1. The van der Waals surface area contributed by atoms with Gasteiger partial charge in [-0.3, -0.25) is 4.79 Å². The van der Waals surface area contributed by atoms with Crippen LogP contribution in [0, 0.1) is 11.7 Å². The van der Waals surface area contributed by atoms with Gasteiger partial charge >= 0.3 is 0 Å². The molecule has 2 saturated heterocycles. The Balaban J connectivity index is 1.27. The van der Waals surface area contributed by atoms with Gasteiger partial charge in [0.15, 0.2) is 0 Å². The van der Waals surface area contributed by atoms with Crippen molar-refractivity contribution in [2.24, 2.45) is 5.92 Å². The minimum absolute atomic E-state index is 0.158. The van der Waals surface area contributed by atoms with Gasteiger partial charge < -0.3 is 15.1 Å². The zero-order valence-corrected chi connectivity index (χ0v) is 16.5. The molecule has 0 bridgehead atoms. The number of piperidine rings is 2. The van der Waals surface area contributed by atoms with E-state index < -0.39 is 0 Å². The van der Waals surface area contributed by atoms with Gasteiger partial charge in [-0.15, -0.1) is 0 Å². The van der Waals surface area contributed by atoms with Crippen molar-refractivity contribution in [3.05, 3.63) is 35.6 Å². The van der Waals surface area contributed by atoms with Gasteiger partial charge in [0.25, 0.3) is 0 Å². The molecule has 0 unspecified atom stereocenters. The number of hydrogen-bond donors (Lipinski definition) is 1. The first-order valence-electron chi connectivity index (χ1n) is 10.7. The summed E-state index contributed by atoms with van der Waals surface area (Å²) in [5.74, 6) is 0.229. The third-order valence-corrected chi connectivity index (χ3v) is 5.96. The molecule has 1 amide bonds. The average molecular weight is 376 g/mol. The molecule has 1 N–H and O–H groups in total. The Morgan fingerprint density at radius 2 is 1.78 bits per heavy atom. The highest BCUT2D eigenvalue weighted by Gasteiger charge is 2.24. The van der Waals surface area contributed by atoms with Gasteiger partial charge in [-0.25, -0.2) is 4.39 Å². The second-order valence-electron chi connectivity index (χ2n) is 8.04. The first-order chi connectivity index (χ1) is 13.2. The van der Waals surface area contributed by atoms with Crippen LogP contribution < -0.4 is 5.32 Å². The van der Waals surface area contributed by atoms with Crippen LogP contribution in [0.2, 0.25) is 0 Å². The quantitative estimate of drug-likeness (QED) is 0.710. The van der Waals surface area contributed by atoms with Gasteiger partial charge in [-0.1, -0.05) is 18.6 Å². The van der Waals surface area contributed by atoms with Crippen LogP contribution >= 0.6 is 0 Å². The first kappa shape index (κ1) is 20.3. The Morgan fingerprint density at radius 3 is 2.52 bits per heavy atom. The van der Waals surface area contributed by atoms with E-state index >= 15 is 0 Å². The summed E-state index contributed by atoms with van der Waals surface area (Å²) in [7, 11) is 0. The van der Waals surface area contributed by atoms with Crippen molar-refractivity contribution in [2.45, 2.75) is 44.9 Å². The SMILES string of the molecule is O=C(NCCCN1CCCCC1)C1CCN(CCc2cccc(F)c2)CC1. The van der Waals surface area contributed by atoms with Crippen molar-refractivity contribution in [3.63, 3.8) is 0 Å². The maximum atomic E-state index is 13.2. The summed E-state index contributed by atoms with van der Waals surface area (Å²) >= 11 is 0. The molecule has 0 spiro atoms. The second kappa shape index (κ2) is 10.8. The monoisotopic (exact) mass is 375 g/mol. The van der Waals surface area contributed by atoms with E-state index in [1.165, 1.54) is 38.4 Å². The molecule has 5 heteroatoms. The summed E-state index contributed by atoms with van der Waals surface area (Å²) in [6.07, 6.45) is 7.80. The van der Waals surface area contributed by atoms with Crippen LogP contribution in [0.25, 0.3) is 0 Å². The van der Waals surface area contributed by atoms with Crippen LogP contribution in [0.15, 0.2) is 24.3 Å². The Labute approximate surface area is 163 Å². The Bertz CT molecular complexity index is 581. The molecule has 0 saturated carbocycles. The molecular formula is C22H34FN3O. The lowest BCUT2D eigenvalue weighted by Gasteiger charge is -2.31. The molecule has 2 fully saturated rings. The van der Waals surface area contributed by atoms with Crippen LogP contribution in [0.4, 0.5) is 4.39 Å². The fourth-order valence-electron chi connectivity index (χ4n) is 4.24. The maximum absolute atomic E-state index is 13.2. The molecule has 0 aromatic heterocycles. The molecule has 0 aliphatic carbocycles. The zero-order chi connectivity index (χ0) is 18.9. The van der Waals surface area contributed by atoms with Gasteiger partial charge in [-0.2, -0.15) is 0 Å². The second-order valence-corrected chi connectivity index (χ2v) is 8.04.